The normalized spacial score (nSPS) is 12.2. The molecule has 0 saturated carbocycles. The molecule has 0 bridgehead atoms. The molecule has 1 aromatic heterocycles. The smallest absolute Gasteiger partial charge is 0.151 e. The number of nitrogens with one attached hydrogen (secondary N) is 1. The number of hydrogen-bond donors (Lipinski definition) is 1. The minimum atomic E-state index is 0.313. The summed E-state index contributed by atoms with van der Waals surface area (Å²) in [4.78, 5) is 0. The summed E-state index contributed by atoms with van der Waals surface area (Å²) < 4.78 is 0. The molecule has 0 amide bonds. The summed E-state index contributed by atoms with van der Waals surface area (Å²) in [6, 6.07) is 3.82. The highest BCUT2D eigenvalue weighted by molar-refractivity contribution is 6.29. The summed E-state index contributed by atoms with van der Waals surface area (Å²) >= 11 is 5.59. The highest BCUT2D eigenvalue weighted by Gasteiger charge is 2.00. The molecule has 0 saturated heterocycles. The van der Waals surface area contributed by atoms with Gasteiger partial charge in [0.15, 0.2) is 5.15 Å². The van der Waals surface area contributed by atoms with Gasteiger partial charge in [0.25, 0.3) is 0 Å². The molecule has 0 radical (unpaired) electrons. The fraction of sp³-hybridized carbons (Fsp3) is 0.333. The third-order valence-corrected chi connectivity index (χ3v) is 1.75. The maximum absolute atomic E-state index is 5.59. The summed E-state index contributed by atoms with van der Waals surface area (Å²) in [6.45, 7) is 5.71. The predicted molar refractivity (Wildman–Crippen MR) is 54.9 cm³/mol. The number of nitrogens with zero attached hydrogens (tertiary/aromatic N) is 2. The molecule has 1 heterocycles. The fourth-order valence-electron chi connectivity index (χ4n) is 0.954. The van der Waals surface area contributed by atoms with Crippen LogP contribution in [0.4, 0.5) is 5.82 Å². The Labute approximate surface area is 82.8 Å². The molecule has 1 aromatic rings. The van der Waals surface area contributed by atoms with Crippen LogP contribution in [0.2, 0.25) is 5.15 Å². The maximum Gasteiger partial charge on any atom is 0.151 e. The molecule has 1 unspecified atom stereocenters. The van der Waals surface area contributed by atoms with Crippen LogP contribution >= 0.6 is 11.6 Å². The monoisotopic (exact) mass is 197 g/mol. The topological polar surface area (TPSA) is 37.8 Å². The van der Waals surface area contributed by atoms with Gasteiger partial charge in [0, 0.05) is 6.04 Å². The number of rotatable bonds is 4. The van der Waals surface area contributed by atoms with E-state index < -0.39 is 0 Å². The van der Waals surface area contributed by atoms with E-state index in [1.807, 2.05) is 6.08 Å². The molecule has 1 rings (SSSR count). The Morgan fingerprint density at radius 1 is 1.62 bits per heavy atom. The third kappa shape index (κ3) is 3.42. The summed E-state index contributed by atoms with van der Waals surface area (Å²) in [7, 11) is 0. The molecule has 70 valence electrons. The Bertz CT molecular complexity index is 271. The summed E-state index contributed by atoms with van der Waals surface area (Å²) in [5, 5.41) is 11.2. The van der Waals surface area contributed by atoms with Crippen molar-refractivity contribution < 1.29 is 0 Å². The molecule has 0 aliphatic heterocycles. The quantitative estimate of drug-likeness (QED) is 0.754. The van der Waals surface area contributed by atoms with Crippen molar-refractivity contribution in [1.29, 1.82) is 0 Å². The summed E-state index contributed by atoms with van der Waals surface area (Å²) in [5.41, 5.74) is 0. The molecular formula is C9H12ClN3. The molecule has 0 fully saturated rings. The van der Waals surface area contributed by atoms with Gasteiger partial charge >= 0.3 is 0 Å². The molecule has 0 aliphatic rings. The average Bonchev–Trinajstić information content (AvgIpc) is 2.09. The van der Waals surface area contributed by atoms with Crippen molar-refractivity contribution in [2.24, 2.45) is 0 Å². The van der Waals surface area contributed by atoms with Crippen molar-refractivity contribution in [1.82, 2.24) is 10.2 Å². The van der Waals surface area contributed by atoms with Gasteiger partial charge in [-0.05, 0) is 25.5 Å². The Hall–Kier alpha value is -1.09. The first-order chi connectivity index (χ1) is 6.22. The maximum atomic E-state index is 5.59. The van der Waals surface area contributed by atoms with Gasteiger partial charge < -0.3 is 5.32 Å². The molecule has 0 aromatic carbocycles. The van der Waals surface area contributed by atoms with E-state index in [0.29, 0.717) is 11.2 Å². The van der Waals surface area contributed by atoms with E-state index >= 15 is 0 Å². The van der Waals surface area contributed by atoms with Crippen LogP contribution < -0.4 is 5.32 Å². The Morgan fingerprint density at radius 3 is 2.92 bits per heavy atom. The average molecular weight is 198 g/mol. The van der Waals surface area contributed by atoms with Gasteiger partial charge in [-0.3, -0.25) is 0 Å². The highest BCUT2D eigenvalue weighted by atomic mass is 35.5. The Kier molecular flexibility index (Phi) is 3.71. The van der Waals surface area contributed by atoms with E-state index in [1.54, 1.807) is 12.1 Å². The summed E-state index contributed by atoms with van der Waals surface area (Å²) in [5.74, 6) is 0.735. The Morgan fingerprint density at radius 2 is 2.38 bits per heavy atom. The Balaban J connectivity index is 2.53. The van der Waals surface area contributed by atoms with Crippen LogP contribution in [-0.2, 0) is 0 Å². The molecule has 1 N–H and O–H groups in total. The van der Waals surface area contributed by atoms with Crippen molar-refractivity contribution in [3.8, 4) is 0 Å². The predicted octanol–water partition coefficient (Wildman–Crippen LogP) is 2.51. The SMILES string of the molecule is C=CCC(C)Nc1ccc(Cl)nn1. The van der Waals surface area contributed by atoms with Gasteiger partial charge in [-0.2, -0.15) is 0 Å². The number of aromatic nitrogens is 2. The van der Waals surface area contributed by atoms with Crippen LogP contribution in [0.15, 0.2) is 24.8 Å². The first kappa shape index (κ1) is 9.99. The third-order valence-electron chi connectivity index (χ3n) is 1.55. The minimum absolute atomic E-state index is 0.313. The zero-order valence-corrected chi connectivity index (χ0v) is 8.25. The lowest BCUT2D eigenvalue weighted by atomic mass is 10.2. The van der Waals surface area contributed by atoms with Gasteiger partial charge in [0.05, 0.1) is 0 Å². The van der Waals surface area contributed by atoms with Crippen LogP contribution in [0.1, 0.15) is 13.3 Å². The van der Waals surface area contributed by atoms with E-state index in [4.69, 9.17) is 11.6 Å². The van der Waals surface area contributed by atoms with E-state index in [1.165, 1.54) is 0 Å². The van der Waals surface area contributed by atoms with Gasteiger partial charge in [-0.15, -0.1) is 16.8 Å². The lowest BCUT2D eigenvalue weighted by Crippen LogP contribution is -2.14. The van der Waals surface area contributed by atoms with Crippen LogP contribution in [0.3, 0.4) is 0 Å². The fourth-order valence-corrected chi connectivity index (χ4v) is 1.06. The number of hydrogen-bond acceptors (Lipinski definition) is 3. The zero-order valence-electron chi connectivity index (χ0n) is 7.50. The van der Waals surface area contributed by atoms with Gasteiger partial charge in [0.2, 0.25) is 0 Å². The number of anilines is 1. The largest absolute Gasteiger partial charge is 0.366 e. The lowest BCUT2D eigenvalue weighted by Gasteiger charge is -2.10. The second-order valence-electron chi connectivity index (χ2n) is 2.81. The van der Waals surface area contributed by atoms with Crippen molar-refractivity contribution >= 4 is 17.4 Å². The zero-order chi connectivity index (χ0) is 9.68. The minimum Gasteiger partial charge on any atom is -0.366 e. The van der Waals surface area contributed by atoms with Crippen LogP contribution in [0.5, 0.6) is 0 Å². The lowest BCUT2D eigenvalue weighted by molar-refractivity contribution is 0.800. The first-order valence-electron chi connectivity index (χ1n) is 4.09. The molecule has 1 atom stereocenters. The van der Waals surface area contributed by atoms with Crippen LogP contribution in [0, 0.1) is 0 Å². The van der Waals surface area contributed by atoms with Gasteiger partial charge in [-0.1, -0.05) is 17.7 Å². The van der Waals surface area contributed by atoms with E-state index in [9.17, 15) is 0 Å². The molecular weight excluding hydrogens is 186 g/mol. The van der Waals surface area contributed by atoms with E-state index in [2.05, 4.69) is 29.0 Å². The second kappa shape index (κ2) is 4.82. The second-order valence-corrected chi connectivity index (χ2v) is 3.20. The summed E-state index contributed by atoms with van der Waals surface area (Å²) in [6.07, 6.45) is 2.76. The highest BCUT2D eigenvalue weighted by Crippen LogP contribution is 2.08. The van der Waals surface area contributed by atoms with E-state index in [-0.39, 0.29) is 0 Å². The first-order valence-corrected chi connectivity index (χ1v) is 4.47. The molecule has 4 heteroatoms. The standard InChI is InChI=1S/C9H12ClN3/c1-3-4-7(2)11-9-6-5-8(10)12-13-9/h3,5-7H,1,4H2,2H3,(H,11,13). The van der Waals surface area contributed by atoms with Crippen molar-refractivity contribution in [2.45, 2.75) is 19.4 Å². The number of halogens is 1. The van der Waals surface area contributed by atoms with Crippen molar-refractivity contribution in [3.05, 3.63) is 29.9 Å². The molecule has 0 spiro atoms. The molecule has 13 heavy (non-hydrogen) atoms. The van der Waals surface area contributed by atoms with Crippen molar-refractivity contribution in [2.75, 3.05) is 5.32 Å². The molecule has 3 nitrogen and oxygen atoms in total. The van der Waals surface area contributed by atoms with Gasteiger partial charge in [-0.25, -0.2) is 0 Å². The van der Waals surface area contributed by atoms with E-state index in [0.717, 1.165) is 12.2 Å². The molecule has 0 aliphatic carbocycles. The van der Waals surface area contributed by atoms with Crippen molar-refractivity contribution in [3.63, 3.8) is 0 Å². The van der Waals surface area contributed by atoms with Crippen LogP contribution in [-0.4, -0.2) is 16.2 Å². The van der Waals surface area contributed by atoms with Gasteiger partial charge in [0.1, 0.15) is 5.82 Å². The van der Waals surface area contributed by atoms with Crippen LogP contribution in [0.25, 0.3) is 0 Å².